The van der Waals surface area contributed by atoms with Crippen LogP contribution in [0.1, 0.15) is 53.9 Å². The van der Waals surface area contributed by atoms with Gasteiger partial charge in [-0.3, -0.25) is 4.79 Å². The van der Waals surface area contributed by atoms with Crippen LogP contribution in [0.15, 0.2) is 0 Å². The first-order valence-electron chi connectivity index (χ1n) is 6.27. The van der Waals surface area contributed by atoms with Crippen LogP contribution in [0, 0.1) is 5.41 Å². The van der Waals surface area contributed by atoms with Crippen LogP contribution in [0.4, 0.5) is 0 Å². The lowest BCUT2D eigenvalue weighted by Crippen LogP contribution is -2.34. The summed E-state index contributed by atoms with van der Waals surface area (Å²) in [5, 5.41) is 2.91. The quantitative estimate of drug-likeness (QED) is 0.673. The molecule has 4 nitrogen and oxygen atoms in total. The van der Waals surface area contributed by atoms with Crippen LogP contribution >= 0.6 is 0 Å². The molecule has 0 atom stereocenters. The fourth-order valence-electron chi connectivity index (χ4n) is 1.38. The van der Waals surface area contributed by atoms with E-state index in [1.807, 2.05) is 13.8 Å². The highest BCUT2D eigenvalue weighted by Gasteiger charge is 2.18. The Morgan fingerprint density at radius 3 is 2.24 bits per heavy atom. The smallest absolute Gasteiger partial charge is 0.220 e. The van der Waals surface area contributed by atoms with Crippen molar-refractivity contribution in [1.82, 2.24) is 5.32 Å². The summed E-state index contributed by atoms with van der Waals surface area (Å²) in [5.41, 5.74) is 5.27. The second-order valence-corrected chi connectivity index (χ2v) is 6.23. The highest BCUT2D eigenvalue weighted by molar-refractivity contribution is 5.75. The first-order valence-corrected chi connectivity index (χ1v) is 6.27. The van der Waals surface area contributed by atoms with E-state index in [0.717, 1.165) is 12.8 Å². The minimum absolute atomic E-state index is 0.114. The maximum atomic E-state index is 11.6. The largest absolute Gasteiger partial charge is 0.361 e. The highest BCUT2D eigenvalue weighted by Crippen LogP contribution is 2.20. The van der Waals surface area contributed by atoms with Crippen molar-refractivity contribution in [2.45, 2.75) is 59.5 Å². The van der Waals surface area contributed by atoms with Gasteiger partial charge in [-0.15, -0.1) is 0 Å². The zero-order chi connectivity index (χ0) is 13.5. The van der Waals surface area contributed by atoms with Crippen molar-refractivity contribution >= 4 is 5.91 Å². The van der Waals surface area contributed by atoms with Gasteiger partial charge in [-0.2, -0.15) is 0 Å². The zero-order valence-corrected chi connectivity index (χ0v) is 11.9. The number of hydrogen-bond acceptors (Lipinski definition) is 3. The minimum atomic E-state index is -0.272. The molecule has 0 aromatic carbocycles. The van der Waals surface area contributed by atoms with Crippen molar-refractivity contribution in [2.24, 2.45) is 11.1 Å². The molecule has 0 spiro atoms. The molecule has 0 saturated heterocycles. The average Bonchev–Trinajstić information content (AvgIpc) is 2.13. The lowest BCUT2D eigenvalue weighted by atomic mass is 9.90. The van der Waals surface area contributed by atoms with Crippen LogP contribution in [0.25, 0.3) is 0 Å². The summed E-state index contributed by atoms with van der Waals surface area (Å²) in [6.45, 7) is 11.2. The molecule has 17 heavy (non-hydrogen) atoms. The molecule has 1 amide bonds. The van der Waals surface area contributed by atoms with E-state index in [1.54, 1.807) is 0 Å². The summed E-state index contributed by atoms with van der Waals surface area (Å²) in [6.07, 6.45) is 2.26. The van der Waals surface area contributed by atoms with Gasteiger partial charge in [0, 0.05) is 13.0 Å². The topological polar surface area (TPSA) is 64.3 Å². The van der Waals surface area contributed by atoms with Gasteiger partial charge in [0.25, 0.3) is 0 Å². The highest BCUT2D eigenvalue weighted by atomic mass is 16.5. The van der Waals surface area contributed by atoms with E-state index in [9.17, 15) is 4.79 Å². The molecule has 3 N–H and O–H groups in total. The number of hydrogen-bond donors (Lipinski definition) is 2. The number of ether oxygens (including phenoxy) is 1. The third-order valence-corrected chi connectivity index (χ3v) is 2.63. The van der Waals surface area contributed by atoms with E-state index in [2.05, 4.69) is 26.1 Å². The number of amides is 1. The van der Waals surface area contributed by atoms with Crippen molar-refractivity contribution in [3.63, 3.8) is 0 Å². The average molecular weight is 244 g/mol. The summed E-state index contributed by atoms with van der Waals surface area (Å²) < 4.78 is 5.35. The van der Waals surface area contributed by atoms with Gasteiger partial charge in [0.1, 0.15) is 0 Å². The number of nitrogens with two attached hydrogens (primary N) is 1. The first kappa shape index (κ1) is 16.4. The van der Waals surface area contributed by atoms with Crippen LogP contribution < -0.4 is 11.1 Å². The van der Waals surface area contributed by atoms with Gasteiger partial charge in [0.15, 0.2) is 0 Å². The van der Waals surface area contributed by atoms with Crippen LogP contribution in [0.5, 0.6) is 0 Å². The normalized spacial score (nSPS) is 12.6. The van der Waals surface area contributed by atoms with Crippen LogP contribution in [-0.2, 0) is 9.53 Å². The maximum Gasteiger partial charge on any atom is 0.220 e. The van der Waals surface area contributed by atoms with Crippen LogP contribution in [-0.4, -0.2) is 24.8 Å². The standard InChI is InChI=1S/C13H28N2O2/c1-12(2,3)7-6-11(16)15-9-8-13(4,5)17-10-14/h6-10,14H2,1-5H3,(H,15,16). The van der Waals surface area contributed by atoms with Gasteiger partial charge in [0.2, 0.25) is 5.91 Å². The van der Waals surface area contributed by atoms with Crippen molar-refractivity contribution in [3.8, 4) is 0 Å². The molecule has 0 rings (SSSR count). The molecule has 0 aromatic rings. The van der Waals surface area contributed by atoms with E-state index in [4.69, 9.17) is 10.5 Å². The molecule has 0 aliphatic rings. The number of carbonyl (C=O) groups excluding carboxylic acids is 1. The summed E-state index contributed by atoms with van der Waals surface area (Å²) in [6, 6.07) is 0. The first-order chi connectivity index (χ1) is 7.66. The Hall–Kier alpha value is -0.610. The molecular formula is C13H28N2O2. The third-order valence-electron chi connectivity index (χ3n) is 2.63. The number of rotatable bonds is 7. The molecule has 0 saturated carbocycles. The molecule has 0 bridgehead atoms. The molecular weight excluding hydrogens is 216 g/mol. The molecule has 0 aromatic heterocycles. The van der Waals surface area contributed by atoms with Gasteiger partial charge in [0.05, 0.1) is 12.3 Å². The van der Waals surface area contributed by atoms with Gasteiger partial charge in [-0.25, -0.2) is 0 Å². The van der Waals surface area contributed by atoms with E-state index < -0.39 is 0 Å². The molecule has 0 fully saturated rings. The zero-order valence-electron chi connectivity index (χ0n) is 11.9. The molecule has 0 radical (unpaired) electrons. The lowest BCUT2D eigenvalue weighted by Gasteiger charge is -2.24. The maximum absolute atomic E-state index is 11.6. The number of carbonyl (C=O) groups is 1. The Morgan fingerprint density at radius 1 is 1.18 bits per heavy atom. The fourth-order valence-corrected chi connectivity index (χ4v) is 1.38. The van der Waals surface area contributed by atoms with Gasteiger partial charge >= 0.3 is 0 Å². The van der Waals surface area contributed by atoms with E-state index >= 15 is 0 Å². The summed E-state index contributed by atoms with van der Waals surface area (Å²) in [5.74, 6) is 0.114. The Morgan fingerprint density at radius 2 is 1.76 bits per heavy atom. The third kappa shape index (κ3) is 10.3. The van der Waals surface area contributed by atoms with Crippen molar-refractivity contribution in [1.29, 1.82) is 0 Å². The molecule has 0 heterocycles. The molecule has 4 heteroatoms. The monoisotopic (exact) mass is 244 g/mol. The van der Waals surface area contributed by atoms with E-state index in [1.165, 1.54) is 0 Å². The molecule has 0 unspecified atom stereocenters. The second-order valence-electron chi connectivity index (χ2n) is 6.23. The Bertz CT molecular complexity index is 232. The van der Waals surface area contributed by atoms with Crippen molar-refractivity contribution in [3.05, 3.63) is 0 Å². The number of nitrogens with one attached hydrogen (secondary N) is 1. The van der Waals surface area contributed by atoms with Gasteiger partial charge in [-0.05, 0) is 32.1 Å². The molecule has 0 aliphatic carbocycles. The Kier molecular flexibility index (Phi) is 6.72. The fraction of sp³-hybridized carbons (Fsp3) is 0.923. The van der Waals surface area contributed by atoms with Gasteiger partial charge < -0.3 is 15.8 Å². The van der Waals surface area contributed by atoms with Crippen molar-refractivity contribution in [2.75, 3.05) is 13.3 Å². The van der Waals surface area contributed by atoms with Crippen molar-refractivity contribution < 1.29 is 9.53 Å². The summed E-state index contributed by atoms with van der Waals surface area (Å²) in [4.78, 5) is 11.6. The van der Waals surface area contributed by atoms with E-state index in [0.29, 0.717) is 13.0 Å². The minimum Gasteiger partial charge on any atom is -0.361 e. The summed E-state index contributed by atoms with van der Waals surface area (Å²) >= 11 is 0. The molecule has 102 valence electrons. The van der Waals surface area contributed by atoms with Gasteiger partial charge in [-0.1, -0.05) is 20.8 Å². The predicted molar refractivity (Wildman–Crippen MR) is 70.5 cm³/mol. The SMILES string of the molecule is CC(C)(C)CCC(=O)NCCC(C)(C)OCN. The Labute approximate surface area is 105 Å². The summed E-state index contributed by atoms with van der Waals surface area (Å²) in [7, 11) is 0. The lowest BCUT2D eigenvalue weighted by molar-refractivity contribution is -0.121. The van der Waals surface area contributed by atoms with Crippen LogP contribution in [0.3, 0.4) is 0 Å². The predicted octanol–water partition coefficient (Wildman–Crippen LogP) is 2.03. The molecule has 0 aliphatic heterocycles. The second kappa shape index (κ2) is 6.97. The van der Waals surface area contributed by atoms with Crippen LogP contribution in [0.2, 0.25) is 0 Å². The van der Waals surface area contributed by atoms with E-state index in [-0.39, 0.29) is 23.7 Å². The Balaban J connectivity index is 3.72.